The molecule has 0 aliphatic carbocycles. The molecule has 2 nitrogen and oxygen atoms in total. The fraction of sp³-hybridized carbons (Fsp3) is 0.667. The van der Waals surface area contributed by atoms with E-state index in [2.05, 4.69) is 18.3 Å². The van der Waals surface area contributed by atoms with Gasteiger partial charge in [-0.05, 0) is 0 Å². The van der Waals surface area contributed by atoms with Gasteiger partial charge in [-0.15, -0.1) is 0 Å². The number of carbonyl (C=O) groups is 1. The van der Waals surface area contributed by atoms with E-state index in [4.69, 9.17) is 5.73 Å². The number of allylic oxidation sites excluding steroid dienone is 1. The molecule has 1 unspecified atom stereocenters. The van der Waals surface area contributed by atoms with Crippen LogP contribution >= 0.6 is 0 Å². The second kappa shape index (κ2) is 5.42. The van der Waals surface area contributed by atoms with Gasteiger partial charge in [0.15, 0.2) is 0 Å². The Balaban J connectivity index is 4.35. The fourth-order valence-electron chi connectivity index (χ4n) is 1.00. The molecule has 0 radical (unpaired) electrons. The van der Waals surface area contributed by atoms with Gasteiger partial charge in [-0.25, -0.2) is 0 Å². The maximum atomic E-state index is 10.7. The molecule has 0 aliphatic heterocycles. The SMILES string of the molecule is CCC(C=C(C)C(N)=O)[As](C)C. The minimum atomic E-state index is -0.729. The van der Waals surface area contributed by atoms with Crippen molar-refractivity contribution in [1.82, 2.24) is 0 Å². The molecule has 0 rings (SSSR count). The van der Waals surface area contributed by atoms with Crippen LogP contribution in [-0.2, 0) is 4.79 Å². The van der Waals surface area contributed by atoms with Crippen molar-refractivity contribution in [1.29, 1.82) is 0 Å². The number of nitrogens with two attached hydrogens (primary N) is 1. The maximum absolute atomic E-state index is 10.7. The van der Waals surface area contributed by atoms with Crippen LogP contribution in [-0.4, -0.2) is 20.6 Å². The molecule has 0 aromatic heterocycles. The summed E-state index contributed by atoms with van der Waals surface area (Å²) in [6, 6.07) is 0. The number of primary amides is 1. The molecule has 0 aliphatic rings. The Kier molecular flexibility index (Phi) is 5.32. The molecule has 0 aromatic carbocycles. The van der Waals surface area contributed by atoms with Gasteiger partial charge in [0.25, 0.3) is 0 Å². The monoisotopic (exact) mass is 231 g/mol. The zero-order chi connectivity index (χ0) is 9.72. The van der Waals surface area contributed by atoms with E-state index in [0.29, 0.717) is 10.3 Å². The quantitative estimate of drug-likeness (QED) is 0.583. The molecule has 12 heavy (non-hydrogen) atoms. The van der Waals surface area contributed by atoms with Crippen molar-refractivity contribution in [2.75, 3.05) is 0 Å². The van der Waals surface area contributed by atoms with Gasteiger partial charge in [0.2, 0.25) is 0 Å². The standard InChI is InChI=1S/C9H18AsNO/c1-5-8(10(3)4)6-7(2)9(11)12/h6,8H,5H2,1-4H3,(H2,11,12). The van der Waals surface area contributed by atoms with Crippen molar-refractivity contribution in [2.45, 2.75) is 36.4 Å². The number of rotatable bonds is 4. The Morgan fingerprint density at radius 2 is 2.08 bits per heavy atom. The molecule has 0 saturated heterocycles. The Morgan fingerprint density at radius 3 is 2.33 bits per heavy atom. The molecule has 0 spiro atoms. The van der Waals surface area contributed by atoms with E-state index in [1.54, 1.807) is 6.92 Å². The average molecular weight is 231 g/mol. The Morgan fingerprint density at radius 1 is 1.58 bits per heavy atom. The molecule has 1 amide bonds. The third-order valence-corrected chi connectivity index (χ3v) is 5.77. The van der Waals surface area contributed by atoms with Crippen LogP contribution in [0.15, 0.2) is 11.6 Å². The molecule has 0 fully saturated rings. The van der Waals surface area contributed by atoms with E-state index in [-0.39, 0.29) is 5.91 Å². The van der Waals surface area contributed by atoms with Crippen molar-refractivity contribution in [3.05, 3.63) is 11.6 Å². The topological polar surface area (TPSA) is 43.1 Å². The van der Waals surface area contributed by atoms with Crippen LogP contribution in [0.4, 0.5) is 0 Å². The summed E-state index contributed by atoms with van der Waals surface area (Å²) in [7, 11) is 0. The molecule has 0 aromatic rings. The number of carbonyl (C=O) groups excluding carboxylic acids is 1. The van der Waals surface area contributed by atoms with Crippen LogP contribution < -0.4 is 5.73 Å². The summed E-state index contributed by atoms with van der Waals surface area (Å²) < 4.78 is 0.616. The zero-order valence-electron chi connectivity index (χ0n) is 8.29. The van der Waals surface area contributed by atoms with Crippen LogP contribution in [0.3, 0.4) is 0 Å². The second-order valence-electron chi connectivity index (χ2n) is 3.15. The summed E-state index contributed by atoms with van der Waals surface area (Å²) in [6.07, 6.45) is 3.17. The Bertz CT molecular complexity index is 187. The molecule has 0 saturated carbocycles. The first-order chi connectivity index (χ1) is 5.49. The summed E-state index contributed by atoms with van der Waals surface area (Å²) in [5.41, 5.74) is 10.5. The summed E-state index contributed by atoms with van der Waals surface area (Å²) in [5, 5.41) is 0. The molecular formula is C9H18AsNO. The minimum absolute atomic E-state index is 0.288. The summed E-state index contributed by atoms with van der Waals surface area (Å²) in [5.74, 6) is -0.288. The molecule has 3 heteroatoms. The van der Waals surface area contributed by atoms with Crippen molar-refractivity contribution < 1.29 is 4.79 Å². The third-order valence-electron chi connectivity index (χ3n) is 1.91. The molecule has 1 atom stereocenters. The first-order valence-corrected chi connectivity index (χ1v) is 8.97. The van der Waals surface area contributed by atoms with E-state index in [0.717, 1.165) is 6.42 Å². The fourth-order valence-corrected chi connectivity index (χ4v) is 3.63. The normalized spacial score (nSPS) is 14.9. The van der Waals surface area contributed by atoms with Crippen LogP contribution in [0.1, 0.15) is 20.3 Å². The van der Waals surface area contributed by atoms with E-state index < -0.39 is 14.7 Å². The number of hydrogen-bond acceptors (Lipinski definition) is 1. The molecule has 0 bridgehead atoms. The molecule has 0 heterocycles. The van der Waals surface area contributed by atoms with E-state index >= 15 is 0 Å². The van der Waals surface area contributed by atoms with Gasteiger partial charge in [-0.3, -0.25) is 0 Å². The van der Waals surface area contributed by atoms with Gasteiger partial charge < -0.3 is 0 Å². The summed E-state index contributed by atoms with van der Waals surface area (Å²) in [6.45, 7) is 3.95. The van der Waals surface area contributed by atoms with Crippen molar-refractivity contribution in [3.63, 3.8) is 0 Å². The second-order valence-corrected chi connectivity index (χ2v) is 8.59. The van der Waals surface area contributed by atoms with Crippen molar-refractivity contribution in [3.8, 4) is 0 Å². The Labute approximate surface area is 79.5 Å². The summed E-state index contributed by atoms with van der Waals surface area (Å²) >= 11 is -0.729. The van der Waals surface area contributed by atoms with E-state index in [9.17, 15) is 4.79 Å². The van der Waals surface area contributed by atoms with Crippen LogP contribution in [0.5, 0.6) is 0 Å². The van der Waals surface area contributed by atoms with Gasteiger partial charge in [0.05, 0.1) is 0 Å². The predicted octanol–water partition coefficient (Wildman–Crippen LogP) is 1.95. The summed E-state index contributed by atoms with van der Waals surface area (Å²) in [4.78, 5) is 10.7. The van der Waals surface area contributed by atoms with E-state index in [1.165, 1.54) is 0 Å². The predicted molar refractivity (Wildman–Crippen MR) is 54.5 cm³/mol. The van der Waals surface area contributed by atoms with Gasteiger partial charge in [0.1, 0.15) is 0 Å². The van der Waals surface area contributed by atoms with Gasteiger partial charge in [0, 0.05) is 0 Å². The molecule has 70 valence electrons. The van der Waals surface area contributed by atoms with Crippen molar-refractivity contribution >= 4 is 20.6 Å². The number of hydrogen-bond donors (Lipinski definition) is 1. The molecule has 2 N–H and O–H groups in total. The van der Waals surface area contributed by atoms with Gasteiger partial charge in [-0.1, -0.05) is 0 Å². The first-order valence-electron chi connectivity index (χ1n) is 4.13. The van der Waals surface area contributed by atoms with Crippen LogP contribution in [0.2, 0.25) is 16.1 Å². The Hall–Kier alpha value is -0.232. The van der Waals surface area contributed by atoms with Gasteiger partial charge >= 0.3 is 79.1 Å². The average Bonchev–Trinajstić information content (AvgIpc) is 1.98. The van der Waals surface area contributed by atoms with Crippen molar-refractivity contribution in [2.24, 2.45) is 5.73 Å². The third kappa shape index (κ3) is 3.96. The van der Waals surface area contributed by atoms with E-state index in [1.807, 2.05) is 6.08 Å². The van der Waals surface area contributed by atoms with Crippen LogP contribution in [0, 0.1) is 0 Å². The number of amides is 1. The van der Waals surface area contributed by atoms with Gasteiger partial charge in [-0.2, -0.15) is 0 Å². The first kappa shape index (κ1) is 11.8. The molecular weight excluding hydrogens is 213 g/mol. The zero-order valence-corrected chi connectivity index (χ0v) is 10.2. The van der Waals surface area contributed by atoms with Crippen LogP contribution in [0.25, 0.3) is 0 Å².